The first kappa shape index (κ1) is 13.4. The number of nitro benzene ring substituents is 1. The quantitative estimate of drug-likeness (QED) is 0.520. The van der Waals surface area contributed by atoms with Crippen molar-refractivity contribution in [2.75, 3.05) is 0 Å². The number of carbonyl (C=O) groups is 2. The van der Waals surface area contributed by atoms with Crippen LogP contribution < -0.4 is 5.73 Å². The molecule has 2 aromatic rings. The SMILES string of the molecule is NC(=O)c1ccc([N+](=O)[O-])cc1C(=O)c1ccccc1. The van der Waals surface area contributed by atoms with Gasteiger partial charge >= 0.3 is 0 Å². The number of ketones is 1. The zero-order valence-corrected chi connectivity index (χ0v) is 10.3. The normalized spacial score (nSPS) is 10.0. The van der Waals surface area contributed by atoms with Gasteiger partial charge in [0.05, 0.1) is 10.5 Å². The fourth-order valence-corrected chi connectivity index (χ4v) is 1.79. The molecule has 0 spiro atoms. The maximum absolute atomic E-state index is 12.3. The Morgan fingerprint density at radius 2 is 1.65 bits per heavy atom. The molecular formula is C14H10N2O4. The molecule has 0 atom stereocenters. The molecule has 6 nitrogen and oxygen atoms in total. The van der Waals surface area contributed by atoms with E-state index in [-0.39, 0.29) is 16.8 Å². The minimum absolute atomic E-state index is 0.0375. The van der Waals surface area contributed by atoms with Crippen LogP contribution in [-0.4, -0.2) is 16.6 Å². The monoisotopic (exact) mass is 270 g/mol. The Hall–Kier alpha value is -3.02. The van der Waals surface area contributed by atoms with Crippen LogP contribution in [0.4, 0.5) is 5.69 Å². The van der Waals surface area contributed by atoms with Crippen molar-refractivity contribution in [3.8, 4) is 0 Å². The lowest BCUT2D eigenvalue weighted by molar-refractivity contribution is -0.384. The molecule has 2 aromatic carbocycles. The number of carbonyl (C=O) groups excluding carboxylic acids is 2. The average Bonchev–Trinajstić information content (AvgIpc) is 2.46. The lowest BCUT2D eigenvalue weighted by Crippen LogP contribution is -2.17. The van der Waals surface area contributed by atoms with Gasteiger partial charge in [-0.25, -0.2) is 0 Å². The molecule has 0 aliphatic heterocycles. The Labute approximate surface area is 114 Å². The molecule has 0 aliphatic rings. The number of hydrogen-bond acceptors (Lipinski definition) is 4. The fraction of sp³-hybridized carbons (Fsp3) is 0. The van der Waals surface area contributed by atoms with E-state index >= 15 is 0 Å². The first-order chi connectivity index (χ1) is 9.50. The average molecular weight is 270 g/mol. The summed E-state index contributed by atoms with van der Waals surface area (Å²) in [5.74, 6) is -1.29. The number of primary amides is 1. The number of hydrogen-bond donors (Lipinski definition) is 1. The Morgan fingerprint density at radius 3 is 2.20 bits per heavy atom. The van der Waals surface area contributed by atoms with Crippen LogP contribution in [0.2, 0.25) is 0 Å². The summed E-state index contributed by atoms with van der Waals surface area (Å²) in [6.07, 6.45) is 0. The predicted molar refractivity (Wildman–Crippen MR) is 71.5 cm³/mol. The van der Waals surface area contributed by atoms with Crippen LogP contribution in [-0.2, 0) is 0 Å². The van der Waals surface area contributed by atoms with E-state index in [1.807, 2.05) is 0 Å². The second-order valence-electron chi connectivity index (χ2n) is 4.05. The molecule has 6 heteroatoms. The summed E-state index contributed by atoms with van der Waals surface area (Å²) in [7, 11) is 0. The van der Waals surface area contributed by atoms with E-state index < -0.39 is 16.6 Å². The van der Waals surface area contributed by atoms with Crippen LogP contribution in [0.15, 0.2) is 48.5 Å². The van der Waals surface area contributed by atoms with Crippen molar-refractivity contribution in [1.29, 1.82) is 0 Å². The molecule has 0 saturated carbocycles. The van der Waals surface area contributed by atoms with E-state index in [0.29, 0.717) is 5.56 Å². The van der Waals surface area contributed by atoms with Crippen molar-refractivity contribution in [3.05, 3.63) is 75.3 Å². The third-order valence-corrected chi connectivity index (χ3v) is 2.76. The summed E-state index contributed by atoms with van der Waals surface area (Å²) in [6, 6.07) is 11.6. The zero-order valence-electron chi connectivity index (χ0n) is 10.3. The Morgan fingerprint density at radius 1 is 1.00 bits per heavy atom. The van der Waals surface area contributed by atoms with Gasteiger partial charge < -0.3 is 5.73 Å². The van der Waals surface area contributed by atoms with E-state index in [1.165, 1.54) is 6.07 Å². The molecule has 0 saturated heterocycles. The summed E-state index contributed by atoms with van der Waals surface area (Å²) in [4.78, 5) is 33.8. The van der Waals surface area contributed by atoms with Crippen molar-refractivity contribution in [2.45, 2.75) is 0 Å². The van der Waals surface area contributed by atoms with Gasteiger partial charge in [-0.15, -0.1) is 0 Å². The number of nitrogens with two attached hydrogens (primary N) is 1. The summed E-state index contributed by atoms with van der Waals surface area (Å²) < 4.78 is 0. The third-order valence-electron chi connectivity index (χ3n) is 2.76. The van der Waals surface area contributed by atoms with Crippen LogP contribution in [0.5, 0.6) is 0 Å². The van der Waals surface area contributed by atoms with Crippen molar-refractivity contribution in [3.63, 3.8) is 0 Å². The summed E-state index contributed by atoms with van der Waals surface area (Å²) >= 11 is 0. The number of rotatable bonds is 4. The van der Waals surface area contributed by atoms with Crippen molar-refractivity contribution in [1.82, 2.24) is 0 Å². The smallest absolute Gasteiger partial charge is 0.270 e. The maximum atomic E-state index is 12.3. The van der Waals surface area contributed by atoms with Crippen LogP contribution in [0.3, 0.4) is 0 Å². The minimum atomic E-state index is -0.806. The van der Waals surface area contributed by atoms with Gasteiger partial charge in [0, 0.05) is 23.3 Å². The van der Waals surface area contributed by atoms with E-state index in [1.54, 1.807) is 30.3 Å². The second-order valence-corrected chi connectivity index (χ2v) is 4.05. The van der Waals surface area contributed by atoms with Crippen LogP contribution >= 0.6 is 0 Å². The number of non-ortho nitro benzene ring substituents is 1. The second kappa shape index (κ2) is 5.31. The molecule has 20 heavy (non-hydrogen) atoms. The van der Waals surface area contributed by atoms with Gasteiger partial charge in [-0.2, -0.15) is 0 Å². The summed E-state index contributed by atoms with van der Waals surface area (Å²) in [6.45, 7) is 0. The van der Waals surface area contributed by atoms with E-state index in [4.69, 9.17) is 5.73 Å². The molecule has 0 fully saturated rings. The van der Waals surface area contributed by atoms with E-state index in [2.05, 4.69) is 0 Å². The first-order valence-electron chi connectivity index (χ1n) is 5.68. The Kier molecular flexibility index (Phi) is 3.56. The topological polar surface area (TPSA) is 103 Å². The Bertz CT molecular complexity index is 696. The van der Waals surface area contributed by atoms with Gasteiger partial charge in [0.2, 0.25) is 5.91 Å². The van der Waals surface area contributed by atoms with Gasteiger partial charge in [-0.1, -0.05) is 30.3 Å². The van der Waals surface area contributed by atoms with Crippen LogP contribution in [0.1, 0.15) is 26.3 Å². The third kappa shape index (κ3) is 2.54. The minimum Gasteiger partial charge on any atom is -0.366 e. The highest BCUT2D eigenvalue weighted by molar-refractivity contribution is 6.15. The lowest BCUT2D eigenvalue weighted by Gasteiger charge is -2.06. The molecule has 0 radical (unpaired) electrons. The van der Waals surface area contributed by atoms with Gasteiger partial charge in [-0.05, 0) is 6.07 Å². The molecule has 0 bridgehead atoms. The predicted octanol–water partition coefficient (Wildman–Crippen LogP) is 1.92. The van der Waals surface area contributed by atoms with Crippen molar-refractivity contribution < 1.29 is 14.5 Å². The number of nitrogens with zero attached hydrogens (tertiary/aromatic N) is 1. The van der Waals surface area contributed by atoms with Crippen molar-refractivity contribution in [2.24, 2.45) is 5.73 Å². The molecular weight excluding hydrogens is 260 g/mol. The van der Waals surface area contributed by atoms with Crippen molar-refractivity contribution >= 4 is 17.4 Å². The standard InChI is InChI=1S/C14H10N2O4/c15-14(18)11-7-6-10(16(19)20)8-12(11)13(17)9-4-2-1-3-5-9/h1-8H,(H2,15,18). The number of nitro groups is 1. The highest BCUT2D eigenvalue weighted by Crippen LogP contribution is 2.20. The molecule has 0 heterocycles. The zero-order chi connectivity index (χ0) is 14.7. The highest BCUT2D eigenvalue weighted by Gasteiger charge is 2.20. The molecule has 2 N–H and O–H groups in total. The molecule has 0 aromatic heterocycles. The lowest BCUT2D eigenvalue weighted by atomic mass is 9.97. The van der Waals surface area contributed by atoms with Gasteiger partial charge in [-0.3, -0.25) is 19.7 Å². The van der Waals surface area contributed by atoms with Crippen LogP contribution in [0.25, 0.3) is 0 Å². The van der Waals surface area contributed by atoms with E-state index in [9.17, 15) is 19.7 Å². The Balaban J connectivity index is 2.58. The summed E-state index contributed by atoms with van der Waals surface area (Å²) in [5, 5.41) is 10.8. The molecule has 0 aliphatic carbocycles. The number of benzene rings is 2. The van der Waals surface area contributed by atoms with Gasteiger partial charge in [0.15, 0.2) is 5.78 Å². The molecule has 2 rings (SSSR count). The maximum Gasteiger partial charge on any atom is 0.270 e. The van der Waals surface area contributed by atoms with E-state index in [0.717, 1.165) is 12.1 Å². The van der Waals surface area contributed by atoms with Crippen LogP contribution in [0, 0.1) is 10.1 Å². The largest absolute Gasteiger partial charge is 0.366 e. The highest BCUT2D eigenvalue weighted by atomic mass is 16.6. The first-order valence-corrected chi connectivity index (χ1v) is 5.68. The molecule has 0 unspecified atom stereocenters. The van der Waals surface area contributed by atoms with Gasteiger partial charge in [0.1, 0.15) is 0 Å². The summed E-state index contributed by atoms with van der Waals surface area (Å²) in [5.41, 5.74) is 5.15. The number of amides is 1. The molecule has 100 valence electrons. The molecule has 1 amide bonds. The van der Waals surface area contributed by atoms with Gasteiger partial charge in [0.25, 0.3) is 5.69 Å². The fourth-order valence-electron chi connectivity index (χ4n) is 1.79.